The zero-order valence-corrected chi connectivity index (χ0v) is 13.8. The Kier molecular flexibility index (Phi) is 6.15. The van der Waals surface area contributed by atoms with Gasteiger partial charge in [0.2, 0.25) is 0 Å². The van der Waals surface area contributed by atoms with Crippen molar-refractivity contribution in [3.63, 3.8) is 0 Å². The summed E-state index contributed by atoms with van der Waals surface area (Å²) in [6, 6.07) is 0. The minimum Gasteiger partial charge on any atom is -0.355 e. The van der Waals surface area contributed by atoms with E-state index < -0.39 is 0 Å². The molecule has 0 aliphatic heterocycles. The van der Waals surface area contributed by atoms with Gasteiger partial charge in [0.1, 0.15) is 5.82 Å². The number of alkyl halides is 1. The van der Waals surface area contributed by atoms with Gasteiger partial charge in [0.15, 0.2) is 0 Å². The minimum absolute atomic E-state index is 0.865. The molecular formula is C13H25BrN4. The molecule has 0 bridgehead atoms. The second-order valence-electron chi connectivity index (χ2n) is 4.94. The summed E-state index contributed by atoms with van der Waals surface area (Å²) in [6.45, 7) is 7.48. The van der Waals surface area contributed by atoms with Crippen LogP contribution in [0.15, 0.2) is 0 Å². The van der Waals surface area contributed by atoms with Crippen molar-refractivity contribution in [2.24, 2.45) is 7.05 Å². The highest BCUT2D eigenvalue weighted by Crippen LogP contribution is 2.25. The average Bonchev–Trinajstić information content (AvgIpc) is 2.58. The second-order valence-corrected chi connectivity index (χ2v) is 5.50. The monoisotopic (exact) mass is 316 g/mol. The Balaban J connectivity index is 2.97. The molecule has 1 aromatic rings. The van der Waals surface area contributed by atoms with Crippen molar-refractivity contribution in [2.45, 2.75) is 25.6 Å². The fraction of sp³-hybridized carbons (Fsp3) is 0.769. The van der Waals surface area contributed by atoms with Crippen LogP contribution in [0.3, 0.4) is 0 Å². The van der Waals surface area contributed by atoms with Crippen molar-refractivity contribution in [1.29, 1.82) is 0 Å². The molecule has 0 unspecified atom stereocenters. The van der Waals surface area contributed by atoms with Gasteiger partial charge in [0, 0.05) is 37.6 Å². The third-order valence-electron chi connectivity index (χ3n) is 3.06. The Morgan fingerprint density at radius 1 is 1.22 bits per heavy atom. The van der Waals surface area contributed by atoms with Crippen LogP contribution in [-0.4, -0.2) is 48.4 Å². The smallest absolute Gasteiger partial charge is 0.130 e. The fourth-order valence-corrected chi connectivity index (χ4v) is 2.81. The van der Waals surface area contributed by atoms with E-state index in [2.05, 4.69) is 58.8 Å². The zero-order chi connectivity index (χ0) is 13.7. The van der Waals surface area contributed by atoms with Gasteiger partial charge in [-0.25, -0.2) is 0 Å². The maximum atomic E-state index is 4.54. The van der Waals surface area contributed by atoms with Crippen molar-refractivity contribution >= 4 is 21.7 Å². The molecule has 1 heterocycles. The van der Waals surface area contributed by atoms with Crippen LogP contribution in [0.5, 0.6) is 0 Å². The van der Waals surface area contributed by atoms with Gasteiger partial charge in [0.25, 0.3) is 0 Å². The van der Waals surface area contributed by atoms with Crippen LogP contribution in [0.2, 0.25) is 0 Å². The summed E-state index contributed by atoms with van der Waals surface area (Å²) in [5.74, 6) is 1.26. The number of anilines is 1. The van der Waals surface area contributed by atoms with E-state index in [1.165, 1.54) is 11.4 Å². The predicted octanol–water partition coefficient (Wildman–Crippen LogP) is 2.40. The number of aromatic nitrogens is 2. The van der Waals surface area contributed by atoms with Gasteiger partial charge in [-0.2, -0.15) is 5.10 Å². The van der Waals surface area contributed by atoms with E-state index in [0.29, 0.717) is 0 Å². The van der Waals surface area contributed by atoms with Gasteiger partial charge in [-0.1, -0.05) is 22.9 Å². The van der Waals surface area contributed by atoms with Gasteiger partial charge in [0.05, 0.1) is 5.69 Å². The Morgan fingerprint density at radius 2 is 1.89 bits per heavy atom. The first kappa shape index (κ1) is 15.5. The standard InChI is InChI=1S/C13H25BrN4/c1-6-7-18(9-8-16(3)4)13-12(10-14)11(2)15-17(13)5/h6-10H2,1-5H3. The lowest BCUT2D eigenvalue weighted by Crippen LogP contribution is -2.34. The molecule has 4 nitrogen and oxygen atoms in total. The number of halogens is 1. The molecule has 1 aromatic heterocycles. The third-order valence-corrected chi connectivity index (χ3v) is 3.62. The molecule has 0 N–H and O–H groups in total. The van der Waals surface area contributed by atoms with Crippen LogP contribution in [0, 0.1) is 6.92 Å². The van der Waals surface area contributed by atoms with Gasteiger partial charge in [-0.15, -0.1) is 0 Å². The molecule has 5 heteroatoms. The van der Waals surface area contributed by atoms with Crippen molar-refractivity contribution in [3.05, 3.63) is 11.3 Å². The van der Waals surface area contributed by atoms with E-state index in [1.54, 1.807) is 0 Å². The van der Waals surface area contributed by atoms with Crippen LogP contribution in [0.1, 0.15) is 24.6 Å². The number of aryl methyl sites for hydroxylation is 2. The molecule has 0 atom stereocenters. The Hall–Kier alpha value is -0.550. The zero-order valence-electron chi connectivity index (χ0n) is 12.2. The molecule has 0 saturated heterocycles. The van der Waals surface area contributed by atoms with Crippen LogP contribution in [0.4, 0.5) is 5.82 Å². The van der Waals surface area contributed by atoms with E-state index in [1.807, 2.05) is 11.7 Å². The summed E-state index contributed by atoms with van der Waals surface area (Å²) in [7, 11) is 6.26. The predicted molar refractivity (Wildman–Crippen MR) is 81.6 cm³/mol. The van der Waals surface area contributed by atoms with Crippen LogP contribution in [0.25, 0.3) is 0 Å². The van der Waals surface area contributed by atoms with Crippen molar-refractivity contribution in [3.8, 4) is 0 Å². The molecule has 0 radical (unpaired) electrons. The first-order chi connectivity index (χ1) is 8.51. The maximum absolute atomic E-state index is 4.54. The highest BCUT2D eigenvalue weighted by atomic mass is 79.9. The molecule has 104 valence electrons. The van der Waals surface area contributed by atoms with Crippen molar-refractivity contribution in [1.82, 2.24) is 14.7 Å². The highest BCUT2D eigenvalue weighted by Gasteiger charge is 2.18. The van der Waals surface area contributed by atoms with E-state index >= 15 is 0 Å². The van der Waals surface area contributed by atoms with E-state index in [4.69, 9.17) is 0 Å². The maximum Gasteiger partial charge on any atom is 0.130 e. The van der Waals surface area contributed by atoms with Gasteiger partial charge < -0.3 is 9.80 Å². The van der Waals surface area contributed by atoms with E-state index in [0.717, 1.165) is 37.1 Å². The van der Waals surface area contributed by atoms with E-state index in [-0.39, 0.29) is 0 Å². The molecule has 0 aliphatic rings. The summed E-state index contributed by atoms with van der Waals surface area (Å²) in [5, 5.41) is 5.41. The Morgan fingerprint density at radius 3 is 2.39 bits per heavy atom. The number of rotatable bonds is 7. The summed E-state index contributed by atoms with van der Waals surface area (Å²) < 4.78 is 2.01. The SMILES string of the molecule is CCCN(CCN(C)C)c1c(CBr)c(C)nn1C. The van der Waals surface area contributed by atoms with Gasteiger partial charge in [-0.05, 0) is 27.4 Å². The minimum atomic E-state index is 0.865. The summed E-state index contributed by atoms with van der Waals surface area (Å²) in [6.07, 6.45) is 1.15. The topological polar surface area (TPSA) is 24.3 Å². The number of nitrogens with zero attached hydrogens (tertiary/aromatic N) is 4. The molecule has 1 rings (SSSR count). The fourth-order valence-electron chi connectivity index (χ4n) is 2.16. The summed E-state index contributed by atoms with van der Waals surface area (Å²) in [5.41, 5.74) is 2.43. The molecular weight excluding hydrogens is 292 g/mol. The molecule has 0 amide bonds. The summed E-state index contributed by atoms with van der Waals surface area (Å²) >= 11 is 3.58. The van der Waals surface area contributed by atoms with E-state index in [9.17, 15) is 0 Å². The largest absolute Gasteiger partial charge is 0.355 e. The Labute approximate surface area is 119 Å². The first-order valence-corrected chi connectivity index (χ1v) is 7.61. The molecule has 0 fully saturated rings. The second kappa shape index (κ2) is 7.14. The Bertz CT molecular complexity index is 373. The average molecular weight is 317 g/mol. The first-order valence-electron chi connectivity index (χ1n) is 6.49. The molecule has 18 heavy (non-hydrogen) atoms. The lowest BCUT2D eigenvalue weighted by atomic mass is 10.2. The summed E-state index contributed by atoms with van der Waals surface area (Å²) in [4.78, 5) is 4.66. The van der Waals surface area contributed by atoms with Crippen molar-refractivity contribution < 1.29 is 0 Å². The third kappa shape index (κ3) is 3.72. The molecule has 0 aromatic carbocycles. The molecule has 0 spiro atoms. The highest BCUT2D eigenvalue weighted by molar-refractivity contribution is 9.08. The van der Waals surface area contributed by atoms with Crippen LogP contribution in [-0.2, 0) is 12.4 Å². The quantitative estimate of drug-likeness (QED) is 0.722. The van der Waals surface area contributed by atoms with Crippen LogP contribution >= 0.6 is 15.9 Å². The molecule has 0 aliphatic carbocycles. The normalized spacial score (nSPS) is 11.3. The number of likely N-dealkylation sites (N-methyl/N-ethyl adjacent to an activating group) is 1. The number of hydrogen-bond acceptors (Lipinski definition) is 3. The lowest BCUT2D eigenvalue weighted by molar-refractivity contribution is 0.411. The van der Waals surface area contributed by atoms with Gasteiger partial charge >= 0.3 is 0 Å². The number of hydrogen-bond donors (Lipinski definition) is 0. The molecule has 0 saturated carbocycles. The van der Waals surface area contributed by atoms with Crippen molar-refractivity contribution in [2.75, 3.05) is 38.6 Å². The lowest BCUT2D eigenvalue weighted by Gasteiger charge is -2.26. The van der Waals surface area contributed by atoms with Crippen LogP contribution < -0.4 is 4.90 Å². The van der Waals surface area contributed by atoms with Gasteiger partial charge in [-0.3, -0.25) is 4.68 Å².